The number of hydrogen-bond acceptors (Lipinski definition) is 5. The van der Waals surface area contributed by atoms with Gasteiger partial charge in [-0.15, -0.1) is 0 Å². The molecule has 0 saturated carbocycles. The molecule has 25 heavy (non-hydrogen) atoms. The fourth-order valence-electron chi connectivity index (χ4n) is 2.24. The zero-order valence-corrected chi connectivity index (χ0v) is 15.2. The van der Waals surface area contributed by atoms with Crippen LogP contribution in [-0.4, -0.2) is 46.0 Å². The lowest BCUT2D eigenvalue weighted by Gasteiger charge is -2.18. The molecule has 1 N–H and O–H groups in total. The van der Waals surface area contributed by atoms with E-state index in [1.165, 1.54) is 24.8 Å². The number of benzene rings is 1. The van der Waals surface area contributed by atoms with Crippen LogP contribution < -0.4 is 5.32 Å². The van der Waals surface area contributed by atoms with Crippen molar-refractivity contribution < 1.29 is 23.1 Å². The lowest BCUT2D eigenvalue weighted by Crippen LogP contribution is -2.31. The van der Waals surface area contributed by atoms with Gasteiger partial charge in [0.15, 0.2) is 6.10 Å². The van der Waals surface area contributed by atoms with Crippen LogP contribution in [0, 0.1) is 11.6 Å². The van der Waals surface area contributed by atoms with Gasteiger partial charge in [-0.3, -0.25) is 9.59 Å². The number of para-hydroxylation sites is 1. The SMILES string of the molecule is C[C@H](OC(=O)CSC(=S)N1CCCC1)C(=O)Nc1c(F)cccc1F. The van der Waals surface area contributed by atoms with Crippen molar-refractivity contribution in [1.82, 2.24) is 4.90 Å². The Morgan fingerprint density at radius 1 is 1.32 bits per heavy atom. The lowest BCUT2D eigenvalue weighted by molar-refractivity contribution is -0.150. The summed E-state index contributed by atoms with van der Waals surface area (Å²) in [5.74, 6) is -3.27. The van der Waals surface area contributed by atoms with Crippen LogP contribution in [0.4, 0.5) is 14.5 Å². The van der Waals surface area contributed by atoms with E-state index in [1.807, 2.05) is 4.90 Å². The first kappa shape index (κ1) is 19.6. The molecule has 1 aromatic carbocycles. The molecular formula is C16H18F2N2O3S2. The van der Waals surface area contributed by atoms with Crippen LogP contribution in [-0.2, 0) is 14.3 Å². The maximum Gasteiger partial charge on any atom is 0.317 e. The predicted octanol–water partition coefficient (Wildman–Crippen LogP) is 2.95. The first-order chi connectivity index (χ1) is 11.9. The Morgan fingerprint density at radius 3 is 2.52 bits per heavy atom. The van der Waals surface area contributed by atoms with Crippen molar-refractivity contribution in [3.05, 3.63) is 29.8 Å². The number of amides is 1. The number of ether oxygens (including phenoxy) is 1. The van der Waals surface area contributed by atoms with E-state index >= 15 is 0 Å². The molecule has 0 spiro atoms. The van der Waals surface area contributed by atoms with Gasteiger partial charge >= 0.3 is 5.97 Å². The van der Waals surface area contributed by atoms with Crippen LogP contribution in [0.25, 0.3) is 0 Å². The molecule has 0 unspecified atom stereocenters. The average Bonchev–Trinajstić information content (AvgIpc) is 3.10. The highest BCUT2D eigenvalue weighted by Gasteiger charge is 2.22. The normalized spacial score (nSPS) is 14.9. The molecule has 136 valence electrons. The second-order valence-corrected chi connectivity index (χ2v) is 7.08. The highest BCUT2D eigenvalue weighted by Crippen LogP contribution is 2.19. The van der Waals surface area contributed by atoms with Crippen molar-refractivity contribution in [2.75, 3.05) is 24.2 Å². The number of likely N-dealkylation sites (tertiary alicyclic amines) is 1. The zero-order valence-electron chi connectivity index (χ0n) is 13.6. The largest absolute Gasteiger partial charge is 0.452 e. The molecule has 1 atom stereocenters. The molecule has 1 heterocycles. The minimum absolute atomic E-state index is 0.0268. The number of hydrogen-bond donors (Lipinski definition) is 1. The molecule has 0 aromatic heterocycles. The van der Waals surface area contributed by atoms with Crippen molar-refractivity contribution in [3.63, 3.8) is 0 Å². The summed E-state index contributed by atoms with van der Waals surface area (Å²) in [7, 11) is 0. The molecule has 0 bridgehead atoms. The number of nitrogens with zero attached hydrogens (tertiary/aromatic N) is 1. The Hall–Kier alpha value is -1.74. The standard InChI is InChI=1S/C16H18F2N2O3S2/c1-10(15(22)19-14-11(17)5-4-6-12(14)18)23-13(21)9-25-16(24)20-7-2-3-8-20/h4-6,10H,2-3,7-9H2,1H3,(H,19,22)/t10-/m0/s1. The Morgan fingerprint density at radius 2 is 1.92 bits per heavy atom. The maximum atomic E-state index is 13.5. The molecule has 0 radical (unpaired) electrons. The van der Waals surface area contributed by atoms with Crippen LogP contribution in [0.1, 0.15) is 19.8 Å². The molecule has 1 aliphatic rings. The van der Waals surface area contributed by atoms with Gasteiger partial charge in [-0.1, -0.05) is 30.0 Å². The molecule has 1 fully saturated rings. The number of esters is 1. The van der Waals surface area contributed by atoms with E-state index in [9.17, 15) is 18.4 Å². The van der Waals surface area contributed by atoms with Crippen LogP contribution >= 0.6 is 24.0 Å². The summed E-state index contributed by atoms with van der Waals surface area (Å²) in [6, 6.07) is 3.22. The minimum Gasteiger partial charge on any atom is -0.452 e. The fourth-order valence-corrected chi connectivity index (χ4v) is 3.27. The topological polar surface area (TPSA) is 58.6 Å². The van der Waals surface area contributed by atoms with Crippen LogP contribution in [0.2, 0.25) is 0 Å². The third-order valence-corrected chi connectivity index (χ3v) is 5.06. The summed E-state index contributed by atoms with van der Waals surface area (Å²) in [5, 5.41) is 2.09. The fraction of sp³-hybridized carbons (Fsp3) is 0.438. The Labute approximate surface area is 154 Å². The molecule has 1 aliphatic heterocycles. The summed E-state index contributed by atoms with van der Waals surface area (Å²) in [5.41, 5.74) is -0.569. The Kier molecular flexibility index (Phi) is 7.12. The van der Waals surface area contributed by atoms with Crippen LogP contribution in [0.3, 0.4) is 0 Å². The van der Waals surface area contributed by atoms with E-state index in [4.69, 9.17) is 17.0 Å². The molecule has 0 aliphatic carbocycles. The van der Waals surface area contributed by atoms with Gasteiger partial charge in [0.2, 0.25) is 0 Å². The van der Waals surface area contributed by atoms with E-state index in [0.29, 0.717) is 4.32 Å². The van der Waals surface area contributed by atoms with Crippen molar-refractivity contribution in [1.29, 1.82) is 0 Å². The van der Waals surface area contributed by atoms with Gasteiger partial charge in [0, 0.05) is 13.1 Å². The quantitative estimate of drug-likeness (QED) is 0.618. The second kappa shape index (κ2) is 9.10. The number of halogens is 2. The van der Waals surface area contributed by atoms with Crippen molar-refractivity contribution in [2.45, 2.75) is 25.9 Å². The number of carbonyl (C=O) groups is 2. The monoisotopic (exact) mass is 388 g/mol. The van der Waals surface area contributed by atoms with E-state index in [2.05, 4.69) is 5.32 Å². The van der Waals surface area contributed by atoms with Gasteiger partial charge in [0.25, 0.3) is 5.91 Å². The number of thioether (sulfide) groups is 1. The third kappa shape index (κ3) is 5.64. The van der Waals surface area contributed by atoms with Gasteiger partial charge < -0.3 is 15.0 Å². The predicted molar refractivity (Wildman–Crippen MR) is 96.4 cm³/mol. The number of anilines is 1. The molecule has 9 heteroatoms. The van der Waals surface area contributed by atoms with Crippen molar-refractivity contribution >= 4 is 45.9 Å². The third-order valence-electron chi connectivity index (χ3n) is 3.57. The maximum absolute atomic E-state index is 13.5. The Bertz CT molecular complexity index is 647. The highest BCUT2D eigenvalue weighted by molar-refractivity contribution is 8.23. The number of thiocarbonyl (C=S) groups is 1. The zero-order chi connectivity index (χ0) is 18.4. The highest BCUT2D eigenvalue weighted by atomic mass is 32.2. The van der Waals surface area contributed by atoms with E-state index in [1.54, 1.807) is 0 Å². The summed E-state index contributed by atoms with van der Waals surface area (Å²) in [4.78, 5) is 25.8. The molecule has 2 rings (SSSR count). The van der Waals surface area contributed by atoms with Gasteiger partial charge in [-0.25, -0.2) is 8.78 Å². The first-order valence-corrected chi connectivity index (χ1v) is 9.14. The van der Waals surface area contributed by atoms with Gasteiger partial charge in [-0.2, -0.15) is 0 Å². The van der Waals surface area contributed by atoms with Crippen molar-refractivity contribution in [2.24, 2.45) is 0 Å². The number of nitrogens with one attached hydrogen (secondary N) is 1. The summed E-state index contributed by atoms with van der Waals surface area (Å²) in [6.07, 6.45) is 0.969. The molecule has 1 saturated heterocycles. The van der Waals surface area contributed by atoms with E-state index in [0.717, 1.165) is 38.1 Å². The summed E-state index contributed by atoms with van der Waals surface area (Å²) < 4.78 is 32.6. The average molecular weight is 388 g/mol. The summed E-state index contributed by atoms with van der Waals surface area (Å²) in [6.45, 7) is 3.09. The molecule has 5 nitrogen and oxygen atoms in total. The minimum atomic E-state index is -1.19. The second-order valence-electron chi connectivity index (χ2n) is 5.47. The van der Waals surface area contributed by atoms with Gasteiger partial charge in [-0.05, 0) is 31.9 Å². The Balaban J connectivity index is 1.79. The van der Waals surface area contributed by atoms with Crippen LogP contribution in [0.15, 0.2) is 18.2 Å². The lowest BCUT2D eigenvalue weighted by atomic mass is 10.2. The first-order valence-electron chi connectivity index (χ1n) is 7.74. The van der Waals surface area contributed by atoms with E-state index < -0.39 is 35.3 Å². The van der Waals surface area contributed by atoms with Crippen molar-refractivity contribution in [3.8, 4) is 0 Å². The number of rotatable bonds is 5. The smallest absolute Gasteiger partial charge is 0.317 e. The number of carbonyl (C=O) groups excluding carboxylic acids is 2. The van der Waals surface area contributed by atoms with Crippen LogP contribution in [0.5, 0.6) is 0 Å². The summed E-state index contributed by atoms with van der Waals surface area (Å²) >= 11 is 6.41. The van der Waals surface area contributed by atoms with Gasteiger partial charge in [0.1, 0.15) is 21.6 Å². The van der Waals surface area contributed by atoms with Gasteiger partial charge in [0.05, 0.1) is 5.75 Å². The molecule has 1 aromatic rings. The molecular weight excluding hydrogens is 370 g/mol. The van der Waals surface area contributed by atoms with E-state index in [-0.39, 0.29) is 5.75 Å². The molecule has 1 amide bonds.